The van der Waals surface area contributed by atoms with Gasteiger partial charge in [0.15, 0.2) is 8.32 Å². The van der Waals surface area contributed by atoms with E-state index in [9.17, 15) is 0 Å². The van der Waals surface area contributed by atoms with Crippen LogP contribution >= 0.6 is 0 Å². The summed E-state index contributed by atoms with van der Waals surface area (Å²) in [6, 6.07) is 18.9. The van der Waals surface area contributed by atoms with E-state index in [2.05, 4.69) is 101 Å². The quantitative estimate of drug-likeness (QED) is 0.315. The average molecular weight is 411 g/mol. The Bertz CT molecular complexity index is 790. The van der Waals surface area contributed by atoms with Crippen LogP contribution in [0, 0.1) is 0 Å². The number of benzene rings is 2. The van der Waals surface area contributed by atoms with E-state index in [1.807, 2.05) is 6.07 Å². The van der Waals surface area contributed by atoms with Gasteiger partial charge in [-0.2, -0.15) is 0 Å². The smallest absolute Gasteiger partial charge is 0.191 e. The molecule has 0 N–H and O–H groups in total. The van der Waals surface area contributed by atoms with Gasteiger partial charge in [-0.15, -0.1) is 0 Å². The summed E-state index contributed by atoms with van der Waals surface area (Å²) in [6.45, 7) is 14.7. The maximum Gasteiger partial charge on any atom is 0.191 e. The summed E-state index contributed by atoms with van der Waals surface area (Å²) in [7, 11) is 0.0211. The molecule has 2 rings (SSSR count). The van der Waals surface area contributed by atoms with Crippen molar-refractivity contribution in [3.63, 3.8) is 0 Å². The molecule has 158 valence electrons. The molecule has 2 nitrogen and oxygen atoms in total. The van der Waals surface area contributed by atoms with Gasteiger partial charge in [0, 0.05) is 12.0 Å². The molecule has 29 heavy (non-hydrogen) atoms. The predicted molar refractivity (Wildman–Crippen MR) is 128 cm³/mol. The number of allylic oxidation sites excluding steroid dienone is 1. The van der Waals surface area contributed by atoms with Gasteiger partial charge in [0.25, 0.3) is 0 Å². The lowest BCUT2D eigenvalue weighted by Crippen LogP contribution is -2.41. The van der Waals surface area contributed by atoms with Gasteiger partial charge < -0.3 is 9.16 Å². The van der Waals surface area contributed by atoms with Crippen molar-refractivity contribution in [1.82, 2.24) is 0 Å². The molecule has 0 aliphatic heterocycles. The maximum absolute atomic E-state index is 6.42. The molecule has 2 aromatic carbocycles. The van der Waals surface area contributed by atoms with Crippen LogP contribution in [-0.4, -0.2) is 22.0 Å². The number of hydrogen-bond donors (Lipinski definition) is 0. The van der Waals surface area contributed by atoms with Gasteiger partial charge >= 0.3 is 0 Å². The van der Waals surface area contributed by atoms with Crippen LogP contribution in [0.5, 0.6) is 5.75 Å². The van der Waals surface area contributed by atoms with Gasteiger partial charge in [-0.25, -0.2) is 0 Å². The molecule has 0 spiro atoms. The van der Waals surface area contributed by atoms with Crippen LogP contribution in [0.1, 0.15) is 51.7 Å². The standard InChI is InChI=1S/C26H38O2Si/c1-25(2,3)29(6,7)28-20-12-18-26(4,19-17-22-13-9-8-10-14-22)23-15-11-16-24(21-23)27-5/h8-11,13-17,19,21H,12,18,20H2,1-7H3/b19-17+/t26-/m1/s1. The van der Waals surface area contributed by atoms with Crippen LogP contribution in [-0.2, 0) is 9.84 Å². The van der Waals surface area contributed by atoms with E-state index in [1.54, 1.807) is 7.11 Å². The summed E-state index contributed by atoms with van der Waals surface area (Å²) in [5.74, 6) is 0.902. The Balaban J connectivity index is 2.17. The normalized spacial score (nSPS) is 14.7. The van der Waals surface area contributed by atoms with Gasteiger partial charge in [-0.05, 0) is 54.2 Å². The van der Waals surface area contributed by atoms with E-state index in [4.69, 9.17) is 9.16 Å². The van der Waals surface area contributed by atoms with Crippen LogP contribution in [0.3, 0.4) is 0 Å². The Morgan fingerprint density at radius 3 is 2.24 bits per heavy atom. The molecule has 0 unspecified atom stereocenters. The lowest BCUT2D eigenvalue weighted by Gasteiger charge is -2.36. The van der Waals surface area contributed by atoms with Crippen molar-refractivity contribution in [1.29, 1.82) is 0 Å². The molecule has 0 aliphatic carbocycles. The van der Waals surface area contributed by atoms with Crippen molar-refractivity contribution in [2.45, 2.75) is 64.1 Å². The Kier molecular flexibility index (Phi) is 7.90. The highest BCUT2D eigenvalue weighted by Crippen LogP contribution is 2.37. The first-order chi connectivity index (χ1) is 13.6. The summed E-state index contributed by atoms with van der Waals surface area (Å²) >= 11 is 0. The SMILES string of the molecule is COc1cccc([C@@](C)(/C=C/c2ccccc2)CCCO[Si](C)(C)C(C)(C)C)c1. The zero-order valence-corrected chi connectivity index (χ0v) is 20.3. The third kappa shape index (κ3) is 6.58. The van der Waals surface area contributed by atoms with Crippen molar-refractivity contribution in [2.75, 3.05) is 13.7 Å². The van der Waals surface area contributed by atoms with Crippen molar-refractivity contribution < 1.29 is 9.16 Å². The Labute approximate surface area is 179 Å². The fourth-order valence-electron chi connectivity index (χ4n) is 3.13. The third-order valence-corrected chi connectivity index (χ3v) is 10.8. The fraction of sp³-hybridized carbons (Fsp3) is 0.462. The summed E-state index contributed by atoms with van der Waals surface area (Å²) in [5.41, 5.74) is 2.41. The number of hydrogen-bond acceptors (Lipinski definition) is 2. The monoisotopic (exact) mass is 410 g/mol. The first-order valence-corrected chi connectivity index (χ1v) is 13.5. The first kappa shape index (κ1) is 23.4. The van der Waals surface area contributed by atoms with E-state index in [-0.39, 0.29) is 10.5 Å². The lowest BCUT2D eigenvalue weighted by atomic mass is 9.78. The van der Waals surface area contributed by atoms with Crippen molar-refractivity contribution in [3.8, 4) is 5.75 Å². The molecule has 0 saturated carbocycles. The Morgan fingerprint density at radius 2 is 1.62 bits per heavy atom. The number of ether oxygens (including phenoxy) is 1. The minimum atomic E-state index is -1.70. The van der Waals surface area contributed by atoms with Crippen LogP contribution < -0.4 is 4.74 Å². The first-order valence-electron chi connectivity index (χ1n) is 10.6. The molecule has 0 amide bonds. The van der Waals surface area contributed by atoms with E-state index in [0.29, 0.717) is 0 Å². The van der Waals surface area contributed by atoms with Crippen LogP contribution in [0.25, 0.3) is 6.08 Å². The molecule has 3 heteroatoms. The van der Waals surface area contributed by atoms with Crippen LogP contribution in [0.4, 0.5) is 0 Å². The largest absolute Gasteiger partial charge is 0.497 e. The molecular formula is C26H38O2Si. The maximum atomic E-state index is 6.42. The second-order valence-electron chi connectivity index (χ2n) is 9.61. The zero-order valence-electron chi connectivity index (χ0n) is 19.3. The summed E-state index contributed by atoms with van der Waals surface area (Å²) < 4.78 is 11.9. The molecule has 0 bridgehead atoms. The second kappa shape index (κ2) is 9.77. The number of rotatable bonds is 9. The van der Waals surface area contributed by atoms with Gasteiger partial charge in [-0.3, -0.25) is 0 Å². The summed E-state index contributed by atoms with van der Waals surface area (Å²) in [6.07, 6.45) is 6.62. The highest BCUT2D eigenvalue weighted by atomic mass is 28.4. The molecule has 0 heterocycles. The fourth-order valence-corrected chi connectivity index (χ4v) is 4.22. The van der Waals surface area contributed by atoms with E-state index in [1.165, 1.54) is 11.1 Å². The average Bonchev–Trinajstić information content (AvgIpc) is 2.70. The molecule has 0 saturated heterocycles. The zero-order chi connectivity index (χ0) is 21.5. The van der Waals surface area contributed by atoms with E-state index in [0.717, 1.165) is 25.2 Å². The summed E-state index contributed by atoms with van der Waals surface area (Å²) in [4.78, 5) is 0. The molecule has 1 atom stereocenters. The van der Waals surface area contributed by atoms with Crippen molar-refractivity contribution >= 4 is 14.4 Å². The molecule has 0 radical (unpaired) electrons. The highest BCUT2D eigenvalue weighted by Gasteiger charge is 2.37. The van der Waals surface area contributed by atoms with E-state index >= 15 is 0 Å². The molecule has 0 fully saturated rings. The Hall–Kier alpha value is -1.84. The molecule has 2 aromatic rings. The molecule has 0 aromatic heterocycles. The minimum absolute atomic E-state index is 0.0822. The second-order valence-corrected chi connectivity index (χ2v) is 14.4. The van der Waals surface area contributed by atoms with Crippen molar-refractivity contribution in [2.24, 2.45) is 0 Å². The van der Waals surface area contributed by atoms with Gasteiger partial charge in [-0.1, -0.05) is 82.3 Å². The molecule has 0 aliphatic rings. The Morgan fingerprint density at radius 1 is 0.931 bits per heavy atom. The minimum Gasteiger partial charge on any atom is -0.497 e. The van der Waals surface area contributed by atoms with Gasteiger partial charge in [0.2, 0.25) is 0 Å². The molecular weight excluding hydrogens is 372 g/mol. The van der Waals surface area contributed by atoms with Gasteiger partial charge in [0.1, 0.15) is 5.75 Å². The van der Waals surface area contributed by atoms with Crippen LogP contribution in [0.2, 0.25) is 18.1 Å². The summed E-state index contributed by atoms with van der Waals surface area (Å²) in [5, 5.41) is 0.246. The van der Waals surface area contributed by atoms with E-state index < -0.39 is 8.32 Å². The highest BCUT2D eigenvalue weighted by molar-refractivity contribution is 6.74. The van der Waals surface area contributed by atoms with Crippen LogP contribution in [0.15, 0.2) is 60.7 Å². The number of methoxy groups -OCH3 is 1. The van der Waals surface area contributed by atoms with Gasteiger partial charge in [0.05, 0.1) is 7.11 Å². The third-order valence-electron chi connectivity index (χ3n) is 6.28. The topological polar surface area (TPSA) is 18.5 Å². The van der Waals surface area contributed by atoms with Crippen molar-refractivity contribution in [3.05, 3.63) is 71.8 Å². The lowest BCUT2D eigenvalue weighted by molar-refractivity contribution is 0.269. The predicted octanol–water partition coefficient (Wildman–Crippen LogP) is 7.47.